The highest BCUT2D eigenvalue weighted by molar-refractivity contribution is 7.25. The molecule has 0 aliphatic rings. The Morgan fingerprint density at radius 3 is 2.13 bits per heavy atom. The van der Waals surface area contributed by atoms with Gasteiger partial charge in [0.15, 0.2) is 23.2 Å². The lowest BCUT2D eigenvalue weighted by molar-refractivity contribution is 0.625. The molecule has 0 atom stereocenters. The number of rotatable bonds is 3. The van der Waals surface area contributed by atoms with E-state index in [0.717, 1.165) is 32.9 Å². The predicted molar refractivity (Wildman–Crippen MR) is 156 cm³/mol. The number of para-hydroxylation sites is 1. The predicted octanol–water partition coefficient (Wildman–Crippen LogP) is 9.14. The van der Waals surface area contributed by atoms with Gasteiger partial charge >= 0.3 is 0 Å². The molecule has 0 unspecified atom stereocenters. The minimum Gasteiger partial charge on any atom is -0.453 e. The summed E-state index contributed by atoms with van der Waals surface area (Å²) in [5.41, 5.74) is 2.72. The fourth-order valence-corrected chi connectivity index (χ4v) is 6.26. The first-order valence-electron chi connectivity index (χ1n) is 12.4. The lowest BCUT2D eigenvalue weighted by Crippen LogP contribution is -2.00. The van der Waals surface area contributed by atoms with Crippen molar-refractivity contribution in [1.29, 1.82) is 0 Å². The summed E-state index contributed by atoms with van der Waals surface area (Å²) in [4.78, 5) is 14.9. The van der Waals surface area contributed by atoms with Gasteiger partial charge in [-0.1, -0.05) is 91.0 Å². The number of nitrogens with zero attached hydrogens (tertiary/aromatic N) is 3. The molecule has 3 heterocycles. The maximum absolute atomic E-state index is 6.18. The van der Waals surface area contributed by atoms with Crippen LogP contribution in [-0.2, 0) is 0 Å². The summed E-state index contributed by atoms with van der Waals surface area (Å²) >= 11 is 1.79. The molecular weight excluding hydrogens is 486 g/mol. The third-order valence-electron chi connectivity index (χ3n) is 6.95. The van der Waals surface area contributed by atoms with Gasteiger partial charge in [-0.15, -0.1) is 11.3 Å². The van der Waals surface area contributed by atoms with Crippen molar-refractivity contribution >= 4 is 53.3 Å². The minimum absolute atomic E-state index is 0.519. The Labute approximate surface area is 221 Å². The Balaban J connectivity index is 1.37. The number of aromatic nitrogens is 3. The summed E-state index contributed by atoms with van der Waals surface area (Å²) in [5.74, 6) is 2.39. The van der Waals surface area contributed by atoms with Gasteiger partial charge in [0, 0.05) is 36.7 Å². The Morgan fingerprint density at radius 1 is 0.500 bits per heavy atom. The highest BCUT2D eigenvalue weighted by atomic mass is 32.1. The van der Waals surface area contributed by atoms with Gasteiger partial charge in [0.25, 0.3) is 0 Å². The van der Waals surface area contributed by atoms with Crippen LogP contribution in [0.1, 0.15) is 0 Å². The third kappa shape index (κ3) is 3.40. The second kappa shape index (κ2) is 8.33. The molecule has 0 aliphatic heterocycles. The van der Waals surface area contributed by atoms with Gasteiger partial charge in [-0.05, 0) is 35.0 Å². The zero-order valence-corrected chi connectivity index (χ0v) is 20.9. The molecule has 0 saturated heterocycles. The zero-order chi connectivity index (χ0) is 25.1. The lowest BCUT2D eigenvalue weighted by Gasteiger charge is -2.09. The molecule has 0 saturated carbocycles. The van der Waals surface area contributed by atoms with Crippen molar-refractivity contribution in [1.82, 2.24) is 15.0 Å². The number of benzene rings is 5. The van der Waals surface area contributed by atoms with Crippen LogP contribution in [0.15, 0.2) is 120 Å². The van der Waals surface area contributed by atoms with E-state index in [2.05, 4.69) is 66.7 Å². The van der Waals surface area contributed by atoms with Crippen LogP contribution in [0.4, 0.5) is 0 Å². The SMILES string of the molecule is c1ccc2oc(-c3nc(-c4ccc5c(c4)sc4ccccc45)nc(-c4cccc5ccccc45)n3)cc2c1. The lowest BCUT2D eigenvalue weighted by atomic mass is 10.0. The largest absolute Gasteiger partial charge is 0.453 e. The Kier molecular flexibility index (Phi) is 4.66. The van der Waals surface area contributed by atoms with Crippen molar-refractivity contribution in [2.24, 2.45) is 0 Å². The highest BCUT2D eigenvalue weighted by Crippen LogP contribution is 2.37. The quantitative estimate of drug-likeness (QED) is 0.240. The van der Waals surface area contributed by atoms with Crippen LogP contribution in [0.3, 0.4) is 0 Å². The van der Waals surface area contributed by atoms with E-state index >= 15 is 0 Å². The second-order valence-corrected chi connectivity index (χ2v) is 10.4. The van der Waals surface area contributed by atoms with E-state index in [1.54, 1.807) is 11.3 Å². The van der Waals surface area contributed by atoms with Crippen LogP contribution < -0.4 is 0 Å². The van der Waals surface area contributed by atoms with E-state index in [9.17, 15) is 0 Å². The third-order valence-corrected chi connectivity index (χ3v) is 8.08. The van der Waals surface area contributed by atoms with Crippen LogP contribution >= 0.6 is 11.3 Å². The zero-order valence-electron chi connectivity index (χ0n) is 20.1. The molecule has 8 rings (SSSR count). The summed E-state index contributed by atoms with van der Waals surface area (Å²) in [5, 5.41) is 5.78. The average molecular weight is 506 g/mol. The first kappa shape index (κ1) is 21.2. The van der Waals surface area contributed by atoms with Gasteiger partial charge in [-0.3, -0.25) is 0 Å². The first-order chi connectivity index (χ1) is 18.8. The maximum atomic E-state index is 6.18. The molecule has 38 heavy (non-hydrogen) atoms. The molecule has 8 aromatic rings. The van der Waals surface area contributed by atoms with Gasteiger partial charge in [0.2, 0.25) is 0 Å². The molecule has 0 aliphatic carbocycles. The molecule has 0 radical (unpaired) electrons. The van der Waals surface area contributed by atoms with E-state index in [0.29, 0.717) is 23.2 Å². The summed E-state index contributed by atoms with van der Waals surface area (Å²) in [6.07, 6.45) is 0. The van der Waals surface area contributed by atoms with Crippen LogP contribution in [0.2, 0.25) is 0 Å². The minimum atomic E-state index is 0.519. The summed E-state index contributed by atoms with van der Waals surface area (Å²) in [7, 11) is 0. The van der Waals surface area contributed by atoms with E-state index in [4.69, 9.17) is 19.4 Å². The molecule has 3 aromatic heterocycles. The molecule has 5 heteroatoms. The smallest absolute Gasteiger partial charge is 0.199 e. The molecule has 0 amide bonds. The number of hydrogen-bond acceptors (Lipinski definition) is 5. The van der Waals surface area contributed by atoms with Crippen molar-refractivity contribution in [3.63, 3.8) is 0 Å². The number of furan rings is 1. The summed E-state index contributed by atoms with van der Waals surface area (Å²) in [6.45, 7) is 0. The van der Waals surface area contributed by atoms with Crippen LogP contribution in [0, 0.1) is 0 Å². The Morgan fingerprint density at radius 2 is 1.21 bits per heavy atom. The number of hydrogen-bond donors (Lipinski definition) is 0. The monoisotopic (exact) mass is 505 g/mol. The van der Waals surface area contributed by atoms with Crippen molar-refractivity contribution in [3.05, 3.63) is 115 Å². The topological polar surface area (TPSA) is 51.8 Å². The van der Waals surface area contributed by atoms with Gasteiger partial charge < -0.3 is 4.42 Å². The standard InChI is InChI=1S/C33H19N3OS/c1-3-11-23-20(8-1)10-7-13-26(23)32-34-31(35-33(36-32)28-18-21-9-2-5-14-27(21)37-28)22-16-17-25-24-12-4-6-15-29(24)38-30(25)19-22/h1-19H. The van der Waals surface area contributed by atoms with E-state index in [-0.39, 0.29) is 0 Å². The number of fused-ring (bicyclic) bond motifs is 5. The molecule has 0 bridgehead atoms. The fourth-order valence-electron chi connectivity index (χ4n) is 5.11. The van der Waals surface area contributed by atoms with E-state index in [1.807, 2.05) is 48.5 Å². The first-order valence-corrected chi connectivity index (χ1v) is 13.3. The van der Waals surface area contributed by atoms with Crippen LogP contribution in [-0.4, -0.2) is 15.0 Å². The average Bonchev–Trinajstić information content (AvgIpc) is 3.58. The Bertz CT molecular complexity index is 2120. The van der Waals surface area contributed by atoms with Crippen molar-refractivity contribution < 1.29 is 4.42 Å². The van der Waals surface area contributed by atoms with Crippen LogP contribution in [0.5, 0.6) is 0 Å². The fraction of sp³-hybridized carbons (Fsp3) is 0. The maximum Gasteiger partial charge on any atom is 0.199 e. The molecule has 0 N–H and O–H groups in total. The molecule has 5 aromatic carbocycles. The van der Waals surface area contributed by atoms with Gasteiger partial charge in [-0.25, -0.2) is 15.0 Å². The molecule has 4 nitrogen and oxygen atoms in total. The molecule has 0 fully saturated rings. The van der Waals surface area contributed by atoms with Gasteiger partial charge in [0.05, 0.1) is 0 Å². The van der Waals surface area contributed by atoms with Gasteiger partial charge in [-0.2, -0.15) is 0 Å². The molecule has 0 spiro atoms. The summed E-state index contributed by atoms with van der Waals surface area (Å²) in [6, 6.07) is 39.5. The normalized spacial score (nSPS) is 11.7. The van der Waals surface area contributed by atoms with Crippen molar-refractivity contribution in [2.75, 3.05) is 0 Å². The van der Waals surface area contributed by atoms with Crippen molar-refractivity contribution in [3.8, 4) is 34.4 Å². The Hall–Kier alpha value is -4.87. The molecule has 178 valence electrons. The van der Waals surface area contributed by atoms with E-state index < -0.39 is 0 Å². The van der Waals surface area contributed by atoms with Crippen LogP contribution in [0.25, 0.3) is 76.3 Å². The second-order valence-electron chi connectivity index (χ2n) is 9.29. The van der Waals surface area contributed by atoms with Crippen molar-refractivity contribution in [2.45, 2.75) is 0 Å². The van der Waals surface area contributed by atoms with E-state index in [1.165, 1.54) is 20.2 Å². The highest BCUT2D eigenvalue weighted by Gasteiger charge is 2.17. The number of thiophene rings is 1. The molecular formula is C33H19N3OS. The summed E-state index contributed by atoms with van der Waals surface area (Å²) < 4.78 is 8.66. The van der Waals surface area contributed by atoms with Gasteiger partial charge in [0.1, 0.15) is 5.58 Å².